The molecule has 12 heteroatoms. The largest absolute Gasteiger partial charge is 0.494 e. The van der Waals surface area contributed by atoms with Crippen LogP contribution in [-0.4, -0.2) is 64.2 Å². The van der Waals surface area contributed by atoms with Gasteiger partial charge in [0.1, 0.15) is 11.4 Å². The van der Waals surface area contributed by atoms with Crippen molar-refractivity contribution in [2.24, 2.45) is 5.92 Å². The molecule has 196 valence electrons. The van der Waals surface area contributed by atoms with Crippen molar-refractivity contribution in [2.45, 2.75) is 25.8 Å². The van der Waals surface area contributed by atoms with Gasteiger partial charge in [0.05, 0.1) is 13.3 Å². The molecule has 3 heterocycles. The number of aromatic nitrogens is 3. The number of urea groups is 1. The first kappa shape index (κ1) is 25.5. The third kappa shape index (κ3) is 5.57. The average Bonchev–Trinajstić information content (AvgIpc) is 3.57. The Balaban J connectivity index is 1.50. The van der Waals surface area contributed by atoms with Gasteiger partial charge in [-0.1, -0.05) is 23.3 Å². The molecule has 1 saturated carbocycles. The van der Waals surface area contributed by atoms with E-state index in [1.165, 1.54) is 19.4 Å². The number of hydrogen-bond acceptors (Lipinski definition) is 7. The Morgan fingerprint density at radius 2 is 2.05 bits per heavy atom. The minimum atomic E-state index is -2.81. The van der Waals surface area contributed by atoms with Crippen LogP contribution in [0.15, 0.2) is 30.5 Å². The summed E-state index contributed by atoms with van der Waals surface area (Å²) in [6, 6.07) is 6.15. The zero-order valence-corrected chi connectivity index (χ0v) is 21.5. The summed E-state index contributed by atoms with van der Waals surface area (Å²) < 4.78 is 32.5. The summed E-state index contributed by atoms with van der Waals surface area (Å²) in [6.45, 7) is 1.47. The summed E-state index contributed by atoms with van der Waals surface area (Å²) in [6.07, 6.45) is 0.569. The Kier molecular flexibility index (Phi) is 7.20. The summed E-state index contributed by atoms with van der Waals surface area (Å²) in [5, 5.41) is 11.5. The lowest BCUT2D eigenvalue weighted by molar-refractivity contribution is 0.102. The number of carbonyl (C=O) groups excluding carboxylic acids is 2. The van der Waals surface area contributed by atoms with Crippen LogP contribution in [0.4, 0.5) is 18.7 Å². The summed E-state index contributed by atoms with van der Waals surface area (Å²) in [5.74, 6) is 6.21. The summed E-state index contributed by atoms with van der Waals surface area (Å²) >= 11 is 1.16. The van der Waals surface area contributed by atoms with E-state index in [-0.39, 0.29) is 28.0 Å². The van der Waals surface area contributed by atoms with Gasteiger partial charge in [0.15, 0.2) is 5.01 Å². The molecule has 2 aliphatic rings. The molecule has 1 aliphatic heterocycles. The first-order chi connectivity index (χ1) is 18.3. The molecule has 9 nitrogen and oxygen atoms in total. The van der Waals surface area contributed by atoms with Crippen molar-refractivity contribution in [3.05, 3.63) is 52.3 Å². The van der Waals surface area contributed by atoms with Crippen molar-refractivity contribution in [1.29, 1.82) is 0 Å². The Hall–Kier alpha value is -4.11. The number of carbonyl (C=O) groups is 2. The van der Waals surface area contributed by atoms with Crippen molar-refractivity contribution in [3.8, 4) is 28.7 Å². The van der Waals surface area contributed by atoms with Gasteiger partial charge < -0.3 is 14.5 Å². The van der Waals surface area contributed by atoms with Gasteiger partial charge in [-0.15, -0.1) is 10.2 Å². The molecule has 0 bridgehead atoms. The first-order valence-corrected chi connectivity index (χ1v) is 12.8. The van der Waals surface area contributed by atoms with E-state index in [9.17, 15) is 18.4 Å². The number of alkyl halides is 2. The van der Waals surface area contributed by atoms with E-state index in [1.54, 1.807) is 35.0 Å². The van der Waals surface area contributed by atoms with Gasteiger partial charge in [0.25, 0.3) is 12.3 Å². The number of benzene rings is 1. The maximum atomic E-state index is 13.5. The van der Waals surface area contributed by atoms with Gasteiger partial charge >= 0.3 is 6.03 Å². The summed E-state index contributed by atoms with van der Waals surface area (Å²) in [5.41, 5.74) is 1.13. The Bertz CT molecular complexity index is 1450. The highest BCUT2D eigenvalue weighted by Crippen LogP contribution is 2.36. The fourth-order valence-corrected chi connectivity index (χ4v) is 4.61. The number of pyridine rings is 1. The second-order valence-corrected chi connectivity index (χ2v) is 10.0. The van der Waals surface area contributed by atoms with Crippen molar-refractivity contribution < 1.29 is 23.1 Å². The van der Waals surface area contributed by atoms with Gasteiger partial charge in [-0.2, -0.15) is 0 Å². The molecule has 0 unspecified atom stereocenters. The van der Waals surface area contributed by atoms with Crippen molar-refractivity contribution >= 4 is 28.4 Å². The zero-order chi connectivity index (χ0) is 26.8. The van der Waals surface area contributed by atoms with E-state index in [4.69, 9.17) is 4.74 Å². The van der Waals surface area contributed by atoms with Crippen LogP contribution in [0, 0.1) is 17.8 Å². The molecule has 2 aromatic heterocycles. The minimum Gasteiger partial charge on any atom is -0.494 e. The van der Waals surface area contributed by atoms with E-state index in [1.807, 2.05) is 0 Å². The van der Waals surface area contributed by atoms with Gasteiger partial charge in [0, 0.05) is 43.7 Å². The number of nitrogens with one attached hydrogen (secondary N) is 1. The quantitative estimate of drug-likeness (QED) is 0.447. The number of hydrogen-bond donors (Lipinski definition) is 1. The van der Waals surface area contributed by atoms with Crippen LogP contribution in [-0.2, 0) is 6.54 Å². The lowest BCUT2D eigenvalue weighted by Gasteiger charge is -2.19. The maximum absolute atomic E-state index is 13.5. The molecule has 3 aromatic rings. The molecule has 0 atom stereocenters. The highest BCUT2D eigenvalue weighted by atomic mass is 32.1. The smallest absolute Gasteiger partial charge is 0.320 e. The van der Waals surface area contributed by atoms with Crippen LogP contribution in [0.3, 0.4) is 0 Å². The highest BCUT2D eigenvalue weighted by Gasteiger charge is 2.26. The van der Waals surface area contributed by atoms with Crippen molar-refractivity contribution in [3.63, 3.8) is 0 Å². The Morgan fingerprint density at radius 1 is 1.24 bits per heavy atom. The first-order valence-electron chi connectivity index (χ1n) is 11.9. The SMILES string of the molecule is COc1cnc(C(F)F)cc1-c1cc(CN2CCN(C)C2=O)ccc1C(=O)Nc1nnc(C#CC2CC2)s1. The number of ether oxygens (including phenoxy) is 1. The van der Waals surface area contributed by atoms with E-state index in [2.05, 4.69) is 32.3 Å². The molecule has 1 saturated heterocycles. The molecule has 5 rings (SSSR count). The van der Waals surface area contributed by atoms with E-state index < -0.39 is 18.0 Å². The average molecular weight is 539 g/mol. The van der Waals surface area contributed by atoms with Gasteiger partial charge in [-0.3, -0.25) is 15.1 Å². The van der Waals surface area contributed by atoms with Crippen LogP contribution in [0.1, 0.15) is 45.9 Å². The lowest BCUT2D eigenvalue weighted by atomic mass is 9.95. The fraction of sp³-hybridized carbons (Fsp3) is 0.346. The Morgan fingerprint density at radius 3 is 2.74 bits per heavy atom. The monoisotopic (exact) mass is 538 g/mol. The third-order valence-corrected chi connectivity index (χ3v) is 6.99. The fourth-order valence-electron chi connectivity index (χ4n) is 4.01. The number of nitrogens with zero attached hydrogens (tertiary/aromatic N) is 5. The normalized spacial score (nSPS) is 15.0. The summed E-state index contributed by atoms with van der Waals surface area (Å²) in [4.78, 5) is 32.9. The second-order valence-electron chi connectivity index (χ2n) is 9.03. The molecule has 1 N–H and O–H groups in total. The maximum Gasteiger partial charge on any atom is 0.320 e. The number of rotatable bonds is 7. The molecule has 1 aromatic carbocycles. The van der Waals surface area contributed by atoms with Gasteiger partial charge in [-0.05, 0) is 48.1 Å². The lowest BCUT2D eigenvalue weighted by Crippen LogP contribution is -2.29. The molecule has 0 spiro atoms. The molecule has 2 fully saturated rings. The van der Waals surface area contributed by atoms with E-state index >= 15 is 0 Å². The molecule has 1 aliphatic carbocycles. The number of likely N-dealkylation sites (N-methyl/N-ethyl adjacent to an activating group) is 1. The van der Waals surface area contributed by atoms with Gasteiger partial charge in [-0.25, -0.2) is 13.6 Å². The van der Waals surface area contributed by atoms with Crippen LogP contribution in [0.2, 0.25) is 0 Å². The molecular formula is C26H24F2N6O3S. The zero-order valence-electron chi connectivity index (χ0n) is 20.7. The van der Waals surface area contributed by atoms with Crippen LogP contribution >= 0.6 is 11.3 Å². The van der Waals surface area contributed by atoms with Crippen LogP contribution in [0.25, 0.3) is 11.1 Å². The van der Waals surface area contributed by atoms with E-state index in [0.717, 1.165) is 29.7 Å². The van der Waals surface area contributed by atoms with Crippen LogP contribution < -0.4 is 10.1 Å². The third-order valence-electron chi connectivity index (χ3n) is 6.23. The highest BCUT2D eigenvalue weighted by molar-refractivity contribution is 7.15. The van der Waals surface area contributed by atoms with E-state index in [0.29, 0.717) is 36.1 Å². The van der Waals surface area contributed by atoms with Crippen molar-refractivity contribution in [2.75, 3.05) is 32.6 Å². The number of amides is 3. The minimum absolute atomic E-state index is 0.105. The molecule has 38 heavy (non-hydrogen) atoms. The van der Waals surface area contributed by atoms with Crippen molar-refractivity contribution in [1.82, 2.24) is 25.0 Å². The summed E-state index contributed by atoms with van der Waals surface area (Å²) in [7, 11) is 3.13. The molecule has 3 amide bonds. The van der Waals surface area contributed by atoms with Crippen LogP contribution in [0.5, 0.6) is 5.75 Å². The Labute approximate surface area is 221 Å². The predicted octanol–water partition coefficient (Wildman–Crippen LogP) is 4.43. The predicted molar refractivity (Wildman–Crippen MR) is 137 cm³/mol. The molecule has 0 radical (unpaired) electrons. The topological polar surface area (TPSA) is 101 Å². The second kappa shape index (κ2) is 10.7. The number of methoxy groups -OCH3 is 1. The number of halogens is 2. The molecular weight excluding hydrogens is 514 g/mol. The van der Waals surface area contributed by atoms with Gasteiger partial charge in [0.2, 0.25) is 5.13 Å². The number of anilines is 1. The standard InChI is InChI=1S/C26H24F2N6O3S/c1-33-9-10-34(26(33)36)14-16-5-7-17(18(11-16)19-12-20(23(27)28)29-13-21(19)37-2)24(35)30-25-32-31-22(38-25)8-6-15-3-4-15/h5,7,11-13,15,23H,3-4,9-10,14H2,1-2H3,(H,30,32,35).